The second-order valence-electron chi connectivity index (χ2n) is 4.16. The molecule has 0 unspecified atom stereocenters. The average Bonchev–Trinajstić information content (AvgIpc) is 2.39. The summed E-state index contributed by atoms with van der Waals surface area (Å²) >= 11 is 11.3. The van der Waals surface area contributed by atoms with Crippen LogP contribution in [0.5, 0.6) is 0 Å². The van der Waals surface area contributed by atoms with Crippen LogP contribution in [0.2, 0.25) is 10.0 Å². The zero-order valence-corrected chi connectivity index (χ0v) is 11.9. The van der Waals surface area contributed by atoms with E-state index in [4.69, 9.17) is 23.2 Å². The van der Waals surface area contributed by atoms with Gasteiger partial charge in [0.1, 0.15) is 0 Å². The lowest BCUT2D eigenvalue weighted by Crippen LogP contribution is -2.13. The summed E-state index contributed by atoms with van der Waals surface area (Å²) in [6.07, 6.45) is -4.59. The van der Waals surface area contributed by atoms with Gasteiger partial charge in [0.2, 0.25) is 0 Å². The molecule has 0 bridgehead atoms. The molecule has 0 aromatic heterocycles. The van der Waals surface area contributed by atoms with E-state index in [-0.39, 0.29) is 11.3 Å². The van der Waals surface area contributed by atoms with Crippen molar-refractivity contribution in [3.63, 3.8) is 0 Å². The van der Waals surface area contributed by atoms with Crippen LogP contribution in [0.1, 0.15) is 15.9 Å². The second kappa shape index (κ2) is 5.95. The Hall–Kier alpha value is -1.72. The second-order valence-corrected chi connectivity index (χ2v) is 5.00. The lowest BCUT2D eigenvalue weighted by Gasteiger charge is -2.12. The molecule has 2 rings (SSSR count). The largest absolute Gasteiger partial charge is 0.417 e. The van der Waals surface area contributed by atoms with Crippen molar-refractivity contribution in [3.8, 4) is 0 Å². The maximum Gasteiger partial charge on any atom is 0.417 e. The topological polar surface area (TPSA) is 29.1 Å². The monoisotopic (exact) mass is 333 g/mol. The van der Waals surface area contributed by atoms with Crippen molar-refractivity contribution < 1.29 is 18.0 Å². The predicted molar refractivity (Wildman–Crippen MR) is 75.9 cm³/mol. The number of benzene rings is 2. The van der Waals surface area contributed by atoms with E-state index in [9.17, 15) is 18.0 Å². The smallest absolute Gasteiger partial charge is 0.322 e. The number of hydrogen-bond acceptors (Lipinski definition) is 1. The lowest BCUT2D eigenvalue weighted by atomic mass is 10.1. The summed E-state index contributed by atoms with van der Waals surface area (Å²) in [5, 5.41) is 2.30. The van der Waals surface area contributed by atoms with Crippen LogP contribution in [0, 0.1) is 0 Å². The fourth-order valence-electron chi connectivity index (χ4n) is 1.65. The summed E-state index contributed by atoms with van der Waals surface area (Å²) in [5.41, 5.74) is -0.768. The standard InChI is InChI=1S/C14H8Cl2F3NO/c15-9-3-1-2-8(6-9)13(21)20-10-4-5-12(16)11(7-10)14(17,18)19/h1-7H,(H,20,21). The predicted octanol–water partition coefficient (Wildman–Crippen LogP) is 5.26. The molecule has 1 amide bonds. The quantitative estimate of drug-likeness (QED) is 0.797. The summed E-state index contributed by atoms with van der Waals surface area (Å²) in [6.45, 7) is 0. The Morgan fingerprint density at radius 1 is 1.05 bits per heavy atom. The molecule has 2 nitrogen and oxygen atoms in total. The van der Waals surface area contributed by atoms with E-state index in [0.717, 1.165) is 12.1 Å². The third-order valence-electron chi connectivity index (χ3n) is 2.62. The van der Waals surface area contributed by atoms with E-state index in [2.05, 4.69) is 5.32 Å². The number of anilines is 1. The molecule has 2 aromatic rings. The zero-order valence-electron chi connectivity index (χ0n) is 10.3. The molecule has 0 aliphatic carbocycles. The molecule has 7 heteroatoms. The molecule has 0 aliphatic rings. The van der Waals surface area contributed by atoms with Crippen molar-refractivity contribution in [1.82, 2.24) is 0 Å². The van der Waals surface area contributed by atoms with E-state index in [1.807, 2.05) is 0 Å². The maximum atomic E-state index is 12.7. The lowest BCUT2D eigenvalue weighted by molar-refractivity contribution is -0.137. The maximum absolute atomic E-state index is 12.7. The summed E-state index contributed by atoms with van der Waals surface area (Å²) in [4.78, 5) is 11.9. The van der Waals surface area contributed by atoms with Gasteiger partial charge in [0.15, 0.2) is 0 Å². The molecule has 0 aliphatic heterocycles. The van der Waals surface area contributed by atoms with Gasteiger partial charge in [0.05, 0.1) is 10.6 Å². The number of hydrogen-bond donors (Lipinski definition) is 1. The highest BCUT2D eigenvalue weighted by Gasteiger charge is 2.33. The first kappa shape index (κ1) is 15.7. The summed E-state index contributed by atoms with van der Waals surface area (Å²) < 4.78 is 38.2. The molecular weight excluding hydrogens is 326 g/mol. The van der Waals surface area contributed by atoms with Gasteiger partial charge in [-0.2, -0.15) is 13.2 Å². The van der Waals surface area contributed by atoms with Gasteiger partial charge in [-0.05, 0) is 36.4 Å². The first-order valence-electron chi connectivity index (χ1n) is 5.71. The first-order chi connectivity index (χ1) is 9.77. The van der Waals surface area contributed by atoms with Crippen LogP contribution in [-0.4, -0.2) is 5.91 Å². The Kier molecular flexibility index (Phi) is 4.44. The molecule has 0 spiro atoms. The minimum atomic E-state index is -4.59. The Balaban J connectivity index is 2.26. The van der Waals surface area contributed by atoms with Gasteiger partial charge in [0, 0.05) is 16.3 Å². The summed E-state index contributed by atoms with van der Waals surface area (Å²) in [7, 11) is 0. The summed E-state index contributed by atoms with van der Waals surface area (Å²) in [6, 6.07) is 9.23. The van der Waals surface area contributed by atoms with Crippen molar-refractivity contribution in [2.24, 2.45) is 0 Å². The molecule has 2 aromatic carbocycles. The Bertz CT molecular complexity index is 686. The number of carbonyl (C=O) groups excluding carboxylic acids is 1. The van der Waals surface area contributed by atoms with Crippen LogP contribution in [0.25, 0.3) is 0 Å². The highest BCUT2D eigenvalue weighted by Crippen LogP contribution is 2.36. The molecule has 0 radical (unpaired) electrons. The number of rotatable bonds is 2. The van der Waals surface area contributed by atoms with E-state index in [0.29, 0.717) is 5.02 Å². The van der Waals surface area contributed by atoms with E-state index in [1.54, 1.807) is 12.1 Å². The molecule has 0 atom stereocenters. The Morgan fingerprint density at radius 3 is 2.38 bits per heavy atom. The van der Waals surface area contributed by atoms with Crippen molar-refractivity contribution >= 4 is 34.8 Å². The van der Waals surface area contributed by atoms with Crippen molar-refractivity contribution in [2.75, 3.05) is 5.32 Å². The summed E-state index contributed by atoms with van der Waals surface area (Å²) in [5.74, 6) is -0.562. The minimum Gasteiger partial charge on any atom is -0.322 e. The van der Waals surface area contributed by atoms with Crippen molar-refractivity contribution in [2.45, 2.75) is 6.18 Å². The highest BCUT2D eigenvalue weighted by molar-refractivity contribution is 6.31. The van der Waals surface area contributed by atoms with Crippen LogP contribution < -0.4 is 5.32 Å². The van der Waals surface area contributed by atoms with E-state index >= 15 is 0 Å². The van der Waals surface area contributed by atoms with Crippen LogP contribution in [-0.2, 0) is 6.18 Å². The van der Waals surface area contributed by atoms with Gasteiger partial charge in [-0.25, -0.2) is 0 Å². The number of alkyl halides is 3. The molecule has 0 saturated carbocycles. The number of amides is 1. The van der Waals surface area contributed by atoms with Crippen LogP contribution >= 0.6 is 23.2 Å². The molecule has 1 N–H and O–H groups in total. The SMILES string of the molecule is O=C(Nc1ccc(Cl)c(C(F)(F)F)c1)c1cccc(Cl)c1. The fourth-order valence-corrected chi connectivity index (χ4v) is 2.07. The van der Waals surface area contributed by atoms with Crippen LogP contribution in [0.3, 0.4) is 0 Å². The van der Waals surface area contributed by atoms with Crippen LogP contribution in [0.15, 0.2) is 42.5 Å². The highest BCUT2D eigenvalue weighted by atomic mass is 35.5. The number of halogens is 5. The number of nitrogens with one attached hydrogen (secondary N) is 1. The third-order valence-corrected chi connectivity index (χ3v) is 3.18. The van der Waals surface area contributed by atoms with E-state index < -0.39 is 22.7 Å². The zero-order chi connectivity index (χ0) is 15.6. The van der Waals surface area contributed by atoms with Gasteiger partial charge in [-0.1, -0.05) is 29.3 Å². The normalized spacial score (nSPS) is 11.3. The van der Waals surface area contributed by atoms with E-state index in [1.165, 1.54) is 18.2 Å². The molecule has 0 saturated heterocycles. The molecule has 110 valence electrons. The first-order valence-corrected chi connectivity index (χ1v) is 6.46. The molecule has 21 heavy (non-hydrogen) atoms. The fraction of sp³-hybridized carbons (Fsp3) is 0.0714. The molecule has 0 fully saturated rings. The van der Waals surface area contributed by atoms with Crippen molar-refractivity contribution in [3.05, 3.63) is 63.6 Å². The van der Waals surface area contributed by atoms with Gasteiger partial charge in [0.25, 0.3) is 5.91 Å². The Morgan fingerprint density at radius 2 is 1.76 bits per heavy atom. The van der Waals surface area contributed by atoms with Gasteiger partial charge in [-0.15, -0.1) is 0 Å². The van der Waals surface area contributed by atoms with Gasteiger partial charge in [-0.3, -0.25) is 4.79 Å². The molecule has 0 heterocycles. The minimum absolute atomic E-state index is 0.00306. The average molecular weight is 334 g/mol. The number of carbonyl (C=O) groups is 1. The van der Waals surface area contributed by atoms with Gasteiger partial charge < -0.3 is 5.32 Å². The Labute approximate surface area is 128 Å². The molecular formula is C14H8Cl2F3NO. The third kappa shape index (κ3) is 3.89. The van der Waals surface area contributed by atoms with Crippen LogP contribution in [0.4, 0.5) is 18.9 Å². The van der Waals surface area contributed by atoms with Crippen molar-refractivity contribution in [1.29, 1.82) is 0 Å². The van der Waals surface area contributed by atoms with Gasteiger partial charge >= 0.3 is 6.18 Å².